The first-order valence-electron chi connectivity index (χ1n) is 7.99. The van der Waals surface area contributed by atoms with Crippen molar-refractivity contribution >= 4 is 0 Å². The second-order valence-corrected chi connectivity index (χ2v) is 7.23. The molecule has 1 N–H and O–H groups in total. The van der Waals surface area contributed by atoms with Crippen LogP contribution in [0.25, 0.3) is 0 Å². The van der Waals surface area contributed by atoms with Crippen LogP contribution in [0, 0.1) is 0 Å². The maximum absolute atomic E-state index is 3.59. The molecule has 0 atom stereocenters. The highest BCUT2D eigenvalue weighted by molar-refractivity contribution is 5.28. The van der Waals surface area contributed by atoms with Crippen molar-refractivity contribution in [3.63, 3.8) is 0 Å². The Morgan fingerprint density at radius 1 is 1.10 bits per heavy atom. The Hall–Kier alpha value is -1.54. The molecule has 112 valence electrons. The summed E-state index contributed by atoms with van der Waals surface area (Å²) in [6.45, 7) is 8.72. The topological polar surface area (TPSA) is 17.0 Å². The van der Waals surface area contributed by atoms with E-state index >= 15 is 0 Å². The van der Waals surface area contributed by atoms with Gasteiger partial charge in [-0.2, -0.15) is 0 Å². The molecule has 1 fully saturated rings. The zero-order chi connectivity index (χ0) is 14.9. The molecular formula is C19H26N2. The zero-order valence-corrected chi connectivity index (χ0v) is 13.4. The van der Waals surface area contributed by atoms with Gasteiger partial charge in [0, 0.05) is 31.0 Å². The monoisotopic (exact) mass is 282 g/mol. The molecule has 0 saturated heterocycles. The molecule has 0 radical (unpaired) electrons. The van der Waals surface area contributed by atoms with Gasteiger partial charge in [0.1, 0.15) is 0 Å². The van der Waals surface area contributed by atoms with Crippen molar-refractivity contribution in [3.8, 4) is 0 Å². The number of rotatable bonds is 5. The largest absolute Gasteiger partial charge is 0.346 e. The third-order valence-corrected chi connectivity index (χ3v) is 4.25. The normalized spacial score (nSPS) is 15.4. The van der Waals surface area contributed by atoms with E-state index in [4.69, 9.17) is 0 Å². The van der Waals surface area contributed by atoms with Crippen molar-refractivity contribution in [2.45, 2.75) is 58.2 Å². The number of hydrogen-bond donors (Lipinski definition) is 1. The fourth-order valence-corrected chi connectivity index (χ4v) is 2.61. The summed E-state index contributed by atoms with van der Waals surface area (Å²) >= 11 is 0. The molecule has 2 nitrogen and oxygen atoms in total. The van der Waals surface area contributed by atoms with Gasteiger partial charge in [-0.05, 0) is 41.5 Å². The minimum atomic E-state index is 0.228. The molecule has 1 aliphatic carbocycles. The lowest BCUT2D eigenvalue weighted by molar-refractivity contribution is 0.589. The van der Waals surface area contributed by atoms with Gasteiger partial charge < -0.3 is 9.88 Å². The summed E-state index contributed by atoms with van der Waals surface area (Å²) in [7, 11) is 0. The van der Waals surface area contributed by atoms with Crippen LogP contribution in [0.3, 0.4) is 0 Å². The van der Waals surface area contributed by atoms with Crippen LogP contribution >= 0.6 is 0 Å². The van der Waals surface area contributed by atoms with E-state index < -0.39 is 0 Å². The van der Waals surface area contributed by atoms with E-state index in [1.54, 1.807) is 0 Å². The van der Waals surface area contributed by atoms with Gasteiger partial charge in [0.2, 0.25) is 0 Å². The Labute approximate surface area is 128 Å². The van der Waals surface area contributed by atoms with Gasteiger partial charge in [-0.25, -0.2) is 0 Å². The number of nitrogens with zero attached hydrogens (tertiary/aromatic N) is 1. The van der Waals surface area contributed by atoms with E-state index in [9.17, 15) is 0 Å². The highest BCUT2D eigenvalue weighted by atomic mass is 15.0. The van der Waals surface area contributed by atoms with Gasteiger partial charge in [0.25, 0.3) is 0 Å². The van der Waals surface area contributed by atoms with Crippen LogP contribution in [-0.4, -0.2) is 10.6 Å². The van der Waals surface area contributed by atoms with Crippen molar-refractivity contribution in [3.05, 3.63) is 59.4 Å². The summed E-state index contributed by atoms with van der Waals surface area (Å²) in [6, 6.07) is 14.2. The fourth-order valence-electron chi connectivity index (χ4n) is 2.61. The van der Waals surface area contributed by atoms with Crippen LogP contribution in [-0.2, 0) is 18.5 Å². The third-order valence-electron chi connectivity index (χ3n) is 4.25. The van der Waals surface area contributed by atoms with Gasteiger partial charge in [-0.15, -0.1) is 0 Å². The van der Waals surface area contributed by atoms with Gasteiger partial charge >= 0.3 is 0 Å². The maximum Gasteiger partial charge on any atom is 0.0473 e. The molecule has 1 heterocycles. The number of aromatic nitrogens is 1. The van der Waals surface area contributed by atoms with Crippen LogP contribution < -0.4 is 5.32 Å². The maximum atomic E-state index is 3.59. The third kappa shape index (κ3) is 3.76. The minimum Gasteiger partial charge on any atom is -0.346 e. The van der Waals surface area contributed by atoms with Gasteiger partial charge in [-0.3, -0.25) is 0 Å². The first-order valence-corrected chi connectivity index (χ1v) is 7.99. The number of benzene rings is 1. The fraction of sp³-hybridized carbons (Fsp3) is 0.474. The molecule has 1 aromatic carbocycles. The summed E-state index contributed by atoms with van der Waals surface area (Å²) in [6.07, 6.45) is 4.87. The smallest absolute Gasteiger partial charge is 0.0473 e. The Balaban J connectivity index is 1.67. The van der Waals surface area contributed by atoms with E-state index in [-0.39, 0.29) is 5.41 Å². The molecule has 1 saturated carbocycles. The molecule has 0 aliphatic heterocycles. The highest BCUT2D eigenvalue weighted by Crippen LogP contribution is 2.23. The van der Waals surface area contributed by atoms with Gasteiger partial charge in [0.15, 0.2) is 0 Å². The second kappa shape index (κ2) is 5.69. The SMILES string of the molecule is CC(C)(C)c1ccc(Cn2cccc2CNC2CC2)cc1. The van der Waals surface area contributed by atoms with Crippen molar-refractivity contribution in [1.29, 1.82) is 0 Å². The first-order chi connectivity index (χ1) is 10.0. The summed E-state index contributed by atoms with van der Waals surface area (Å²) in [5, 5.41) is 3.59. The second-order valence-electron chi connectivity index (χ2n) is 7.23. The van der Waals surface area contributed by atoms with E-state index in [1.807, 2.05) is 0 Å². The number of nitrogens with one attached hydrogen (secondary N) is 1. The van der Waals surface area contributed by atoms with Crippen LogP contribution in [0.4, 0.5) is 0 Å². The summed E-state index contributed by atoms with van der Waals surface area (Å²) < 4.78 is 2.35. The predicted molar refractivity (Wildman–Crippen MR) is 88.5 cm³/mol. The van der Waals surface area contributed by atoms with Crippen LogP contribution in [0.2, 0.25) is 0 Å². The summed E-state index contributed by atoms with van der Waals surface area (Å²) in [5.41, 5.74) is 4.37. The Morgan fingerprint density at radius 3 is 2.43 bits per heavy atom. The zero-order valence-electron chi connectivity index (χ0n) is 13.4. The Morgan fingerprint density at radius 2 is 1.81 bits per heavy atom. The molecule has 2 heteroatoms. The molecule has 3 rings (SSSR count). The van der Waals surface area contributed by atoms with Gasteiger partial charge in [0.05, 0.1) is 0 Å². The Kier molecular flexibility index (Phi) is 3.90. The van der Waals surface area contributed by atoms with Crippen LogP contribution in [0.1, 0.15) is 50.4 Å². The molecule has 2 aromatic rings. The lowest BCUT2D eigenvalue weighted by Gasteiger charge is -2.19. The van der Waals surface area contributed by atoms with Crippen molar-refractivity contribution in [1.82, 2.24) is 9.88 Å². The van der Waals surface area contributed by atoms with Gasteiger partial charge in [-0.1, -0.05) is 45.0 Å². The molecule has 0 amide bonds. The average Bonchev–Trinajstić information content (AvgIpc) is 3.17. The summed E-state index contributed by atoms with van der Waals surface area (Å²) in [4.78, 5) is 0. The lowest BCUT2D eigenvalue weighted by Crippen LogP contribution is -2.18. The highest BCUT2D eigenvalue weighted by Gasteiger charge is 2.20. The van der Waals surface area contributed by atoms with E-state index in [2.05, 4.69) is 73.3 Å². The number of hydrogen-bond acceptors (Lipinski definition) is 1. The van der Waals surface area contributed by atoms with Crippen molar-refractivity contribution in [2.75, 3.05) is 0 Å². The molecule has 0 unspecified atom stereocenters. The Bertz CT molecular complexity index is 583. The minimum absolute atomic E-state index is 0.228. The molecule has 21 heavy (non-hydrogen) atoms. The first kappa shape index (κ1) is 14.4. The molecule has 1 aromatic heterocycles. The van der Waals surface area contributed by atoms with E-state index in [1.165, 1.54) is 29.7 Å². The van der Waals surface area contributed by atoms with E-state index in [0.29, 0.717) is 0 Å². The van der Waals surface area contributed by atoms with E-state index in [0.717, 1.165) is 19.1 Å². The average molecular weight is 282 g/mol. The van der Waals surface area contributed by atoms with Crippen molar-refractivity contribution in [2.24, 2.45) is 0 Å². The standard InChI is InChI=1S/C19H26N2/c1-19(2,3)16-8-6-15(7-9-16)14-21-12-4-5-18(21)13-20-17-10-11-17/h4-9,12,17,20H,10-11,13-14H2,1-3H3. The van der Waals surface area contributed by atoms with Crippen molar-refractivity contribution < 1.29 is 0 Å². The van der Waals surface area contributed by atoms with Crippen LogP contribution in [0.5, 0.6) is 0 Å². The molecular weight excluding hydrogens is 256 g/mol. The molecule has 1 aliphatic rings. The summed E-state index contributed by atoms with van der Waals surface area (Å²) in [5.74, 6) is 0. The molecule has 0 bridgehead atoms. The predicted octanol–water partition coefficient (Wildman–Crippen LogP) is 4.09. The quantitative estimate of drug-likeness (QED) is 0.874. The molecule has 0 spiro atoms. The van der Waals surface area contributed by atoms with Crippen LogP contribution in [0.15, 0.2) is 42.6 Å². The lowest BCUT2D eigenvalue weighted by atomic mass is 9.87.